The Bertz CT molecular complexity index is 532. The SMILES string of the molecule is OCc1ccccc1NC1CC(c2ccccc2)C1. The van der Waals surface area contributed by atoms with Gasteiger partial charge in [-0.2, -0.15) is 0 Å². The van der Waals surface area contributed by atoms with Crippen molar-refractivity contribution in [3.05, 3.63) is 65.7 Å². The zero-order valence-corrected chi connectivity index (χ0v) is 10.9. The molecule has 0 aliphatic heterocycles. The van der Waals surface area contributed by atoms with E-state index in [-0.39, 0.29) is 6.61 Å². The summed E-state index contributed by atoms with van der Waals surface area (Å²) in [5.74, 6) is 0.681. The Balaban J connectivity index is 1.60. The largest absolute Gasteiger partial charge is 0.392 e. The van der Waals surface area contributed by atoms with Crippen molar-refractivity contribution < 1.29 is 5.11 Å². The molecule has 0 atom stereocenters. The summed E-state index contributed by atoms with van der Waals surface area (Å²) in [4.78, 5) is 0. The van der Waals surface area contributed by atoms with Crippen LogP contribution in [0.25, 0.3) is 0 Å². The van der Waals surface area contributed by atoms with Crippen molar-refractivity contribution in [2.75, 3.05) is 5.32 Å². The second kappa shape index (κ2) is 5.45. The molecule has 0 heterocycles. The summed E-state index contributed by atoms with van der Waals surface area (Å²) < 4.78 is 0. The Morgan fingerprint density at radius 2 is 1.63 bits per heavy atom. The van der Waals surface area contributed by atoms with Crippen LogP contribution in [0.4, 0.5) is 5.69 Å². The van der Waals surface area contributed by atoms with Gasteiger partial charge in [0, 0.05) is 17.3 Å². The predicted molar refractivity (Wildman–Crippen MR) is 78.2 cm³/mol. The Hall–Kier alpha value is -1.80. The summed E-state index contributed by atoms with van der Waals surface area (Å²) in [7, 11) is 0. The van der Waals surface area contributed by atoms with Crippen molar-refractivity contribution in [2.45, 2.75) is 31.4 Å². The van der Waals surface area contributed by atoms with Gasteiger partial charge >= 0.3 is 0 Å². The van der Waals surface area contributed by atoms with Crippen LogP contribution in [0, 0.1) is 0 Å². The second-order valence-electron chi connectivity index (χ2n) is 5.24. The molecule has 0 radical (unpaired) electrons. The number of aliphatic hydroxyl groups is 1. The van der Waals surface area contributed by atoms with E-state index in [0.29, 0.717) is 12.0 Å². The molecule has 0 spiro atoms. The first-order valence-corrected chi connectivity index (χ1v) is 6.87. The molecule has 3 rings (SSSR count). The third-order valence-corrected chi connectivity index (χ3v) is 3.96. The van der Waals surface area contributed by atoms with Crippen LogP contribution in [0.1, 0.15) is 29.9 Å². The van der Waals surface area contributed by atoms with Gasteiger partial charge in [-0.3, -0.25) is 0 Å². The number of benzene rings is 2. The van der Waals surface area contributed by atoms with E-state index in [4.69, 9.17) is 0 Å². The number of aliphatic hydroxyl groups excluding tert-OH is 1. The molecule has 2 heteroatoms. The fourth-order valence-corrected chi connectivity index (χ4v) is 2.75. The lowest BCUT2D eigenvalue weighted by Gasteiger charge is -2.37. The summed E-state index contributed by atoms with van der Waals surface area (Å²) in [5.41, 5.74) is 3.49. The van der Waals surface area contributed by atoms with Gasteiger partial charge in [0.25, 0.3) is 0 Å². The standard InChI is InChI=1S/C17H19NO/c19-12-14-8-4-5-9-17(14)18-16-10-15(11-16)13-6-2-1-3-7-13/h1-9,15-16,18-19H,10-12H2. The van der Waals surface area contributed by atoms with Crippen LogP contribution in [-0.2, 0) is 6.61 Å². The van der Waals surface area contributed by atoms with E-state index < -0.39 is 0 Å². The minimum Gasteiger partial charge on any atom is -0.392 e. The molecule has 1 fully saturated rings. The van der Waals surface area contributed by atoms with E-state index in [9.17, 15) is 5.11 Å². The molecule has 0 bridgehead atoms. The molecule has 2 nitrogen and oxygen atoms in total. The van der Waals surface area contributed by atoms with Crippen LogP contribution in [0.3, 0.4) is 0 Å². The van der Waals surface area contributed by atoms with Crippen molar-refractivity contribution in [2.24, 2.45) is 0 Å². The minimum absolute atomic E-state index is 0.0952. The first-order valence-electron chi connectivity index (χ1n) is 6.87. The lowest BCUT2D eigenvalue weighted by atomic mass is 9.76. The highest BCUT2D eigenvalue weighted by atomic mass is 16.3. The average Bonchev–Trinajstić information content (AvgIpc) is 2.43. The molecular weight excluding hydrogens is 234 g/mol. The monoisotopic (exact) mass is 253 g/mol. The molecule has 1 saturated carbocycles. The summed E-state index contributed by atoms with van der Waals surface area (Å²) in [6.45, 7) is 0.0952. The van der Waals surface area contributed by atoms with Crippen LogP contribution in [-0.4, -0.2) is 11.1 Å². The number of hydrogen-bond donors (Lipinski definition) is 2. The molecule has 0 unspecified atom stereocenters. The number of anilines is 1. The fraction of sp³-hybridized carbons (Fsp3) is 0.294. The molecule has 0 saturated heterocycles. The van der Waals surface area contributed by atoms with E-state index in [2.05, 4.69) is 35.6 Å². The molecule has 19 heavy (non-hydrogen) atoms. The van der Waals surface area contributed by atoms with Gasteiger partial charge in [0.2, 0.25) is 0 Å². The molecule has 0 amide bonds. The molecule has 2 N–H and O–H groups in total. The fourth-order valence-electron chi connectivity index (χ4n) is 2.75. The summed E-state index contributed by atoms with van der Waals surface area (Å²) >= 11 is 0. The molecule has 1 aliphatic carbocycles. The van der Waals surface area contributed by atoms with Crippen LogP contribution < -0.4 is 5.32 Å². The van der Waals surface area contributed by atoms with Gasteiger partial charge in [-0.1, -0.05) is 48.5 Å². The minimum atomic E-state index is 0.0952. The Morgan fingerprint density at radius 3 is 2.37 bits per heavy atom. The van der Waals surface area contributed by atoms with Crippen molar-refractivity contribution in [3.8, 4) is 0 Å². The highest BCUT2D eigenvalue weighted by Gasteiger charge is 2.30. The molecule has 98 valence electrons. The third kappa shape index (κ3) is 2.64. The van der Waals surface area contributed by atoms with E-state index >= 15 is 0 Å². The van der Waals surface area contributed by atoms with Gasteiger partial charge in [-0.05, 0) is 30.4 Å². The van der Waals surface area contributed by atoms with Crippen molar-refractivity contribution in [1.82, 2.24) is 0 Å². The van der Waals surface area contributed by atoms with Crippen molar-refractivity contribution in [3.63, 3.8) is 0 Å². The number of nitrogens with one attached hydrogen (secondary N) is 1. The first kappa shape index (κ1) is 12.2. The quantitative estimate of drug-likeness (QED) is 0.873. The Kier molecular flexibility index (Phi) is 3.51. The maximum Gasteiger partial charge on any atom is 0.0701 e. The lowest BCUT2D eigenvalue weighted by Crippen LogP contribution is -2.34. The van der Waals surface area contributed by atoms with Crippen LogP contribution in [0.2, 0.25) is 0 Å². The molecule has 0 aromatic heterocycles. The highest BCUT2D eigenvalue weighted by Crippen LogP contribution is 2.38. The van der Waals surface area contributed by atoms with Crippen molar-refractivity contribution >= 4 is 5.69 Å². The zero-order valence-electron chi connectivity index (χ0n) is 10.9. The maximum absolute atomic E-state index is 9.31. The second-order valence-corrected chi connectivity index (χ2v) is 5.24. The molecule has 2 aromatic carbocycles. The van der Waals surface area contributed by atoms with E-state index in [0.717, 1.165) is 11.3 Å². The smallest absolute Gasteiger partial charge is 0.0701 e. The first-order chi connectivity index (χ1) is 9.36. The van der Waals surface area contributed by atoms with E-state index in [1.807, 2.05) is 24.3 Å². The highest BCUT2D eigenvalue weighted by molar-refractivity contribution is 5.52. The summed E-state index contributed by atoms with van der Waals surface area (Å²) in [6.07, 6.45) is 2.34. The number of para-hydroxylation sites is 1. The lowest BCUT2D eigenvalue weighted by molar-refractivity contribution is 0.282. The predicted octanol–water partition coefficient (Wildman–Crippen LogP) is 3.54. The maximum atomic E-state index is 9.31. The summed E-state index contributed by atoms with van der Waals surface area (Å²) in [5, 5.41) is 12.8. The summed E-state index contributed by atoms with van der Waals surface area (Å²) in [6, 6.07) is 19.2. The van der Waals surface area contributed by atoms with E-state index in [1.54, 1.807) is 0 Å². The Labute approximate surface area is 114 Å². The van der Waals surface area contributed by atoms with Gasteiger partial charge in [0.15, 0.2) is 0 Å². The topological polar surface area (TPSA) is 32.3 Å². The van der Waals surface area contributed by atoms with Crippen LogP contribution in [0.5, 0.6) is 0 Å². The van der Waals surface area contributed by atoms with Gasteiger partial charge in [-0.25, -0.2) is 0 Å². The van der Waals surface area contributed by atoms with E-state index in [1.165, 1.54) is 18.4 Å². The van der Waals surface area contributed by atoms with Crippen LogP contribution >= 0.6 is 0 Å². The molecule has 2 aromatic rings. The van der Waals surface area contributed by atoms with Gasteiger partial charge in [0.05, 0.1) is 6.61 Å². The normalized spacial score (nSPS) is 21.7. The molecule has 1 aliphatic rings. The number of hydrogen-bond acceptors (Lipinski definition) is 2. The van der Waals surface area contributed by atoms with Gasteiger partial charge < -0.3 is 10.4 Å². The van der Waals surface area contributed by atoms with Crippen LogP contribution in [0.15, 0.2) is 54.6 Å². The van der Waals surface area contributed by atoms with Gasteiger partial charge in [0.1, 0.15) is 0 Å². The third-order valence-electron chi connectivity index (χ3n) is 3.96. The zero-order chi connectivity index (χ0) is 13.1. The molecular formula is C17H19NO. The van der Waals surface area contributed by atoms with Gasteiger partial charge in [-0.15, -0.1) is 0 Å². The number of rotatable bonds is 4. The Morgan fingerprint density at radius 1 is 0.947 bits per heavy atom. The van der Waals surface area contributed by atoms with Crippen molar-refractivity contribution in [1.29, 1.82) is 0 Å². The average molecular weight is 253 g/mol.